The van der Waals surface area contributed by atoms with Crippen LogP contribution in [-0.2, 0) is 29.2 Å². The summed E-state index contributed by atoms with van der Waals surface area (Å²) in [6.45, 7) is 3.69. The van der Waals surface area contributed by atoms with E-state index < -0.39 is 9.84 Å². The Hall–Kier alpha value is -1.80. The first-order chi connectivity index (χ1) is 11.5. The third-order valence-corrected chi connectivity index (χ3v) is 6.65. The number of rotatable bonds is 3. The van der Waals surface area contributed by atoms with Gasteiger partial charge in [-0.25, -0.2) is 8.42 Å². The van der Waals surface area contributed by atoms with E-state index in [1.807, 2.05) is 13.1 Å². The molecule has 2 aromatic rings. The van der Waals surface area contributed by atoms with Crippen molar-refractivity contribution in [1.82, 2.24) is 20.4 Å². The molecule has 1 N–H and O–H groups in total. The Labute approximate surface area is 140 Å². The second kappa shape index (κ2) is 5.93. The Kier molecular flexibility index (Phi) is 3.88. The zero-order valence-corrected chi connectivity index (χ0v) is 14.4. The number of hydrogen-bond acceptors (Lipinski definition) is 7. The van der Waals surface area contributed by atoms with E-state index in [9.17, 15) is 8.42 Å². The second-order valence-corrected chi connectivity index (χ2v) is 8.86. The average molecular weight is 348 g/mol. The summed E-state index contributed by atoms with van der Waals surface area (Å²) in [4.78, 5) is 8.99. The molecule has 0 aromatic carbocycles. The van der Waals surface area contributed by atoms with Gasteiger partial charge in [0.05, 0.1) is 11.5 Å². The highest BCUT2D eigenvalue weighted by Crippen LogP contribution is 2.29. The molecule has 0 saturated carbocycles. The van der Waals surface area contributed by atoms with Crippen LogP contribution in [0.1, 0.15) is 29.1 Å². The lowest BCUT2D eigenvalue weighted by atomic mass is 9.95. The van der Waals surface area contributed by atoms with Gasteiger partial charge in [0.15, 0.2) is 9.84 Å². The number of hydrogen-bond donors (Lipinski definition) is 1. The molecule has 0 spiro atoms. The van der Waals surface area contributed by atoms with E-state index in [1.165, 1.54) is 11.1 Å². The molecule has 128 valence electrons. The largest absolute Gasteiger partial charge is 0.339 e. The molecule has 0 aliphatic carbocycles. The van der Waals surface area contributed by atoms with Crippen molar-refractivity contribution in [3.63, 3.8) is 0 Å². The fourth-order valence-electron chi connectivity index (χ4n) is 3.59. The van der Waals surface area contributed by atoms with Crippen LogP contribution in [0.4, 0.5) is 0 Å². The molecular weight excluding hydrogens is 328 g/mol. The molecule has 0 unspecified atom stereocenters. The maximum atomic E-state index is 11.6. The predicted molar refractivity (Wildman–Crippen MR) is 88.1 cm³/mol. The number of pyridine rings is 1. The van der Waals surface area contributed by atoms with Gasteiger partial charge >= 0.3 is 0 Å². The highest BCUT2D eigenvalue weighted by atomic mass is 32.2. The molecule has 4 heterocycles. The Balaban J connectivity index is 1.62. The molecule has 7 nitrogen and oxygen atoms in total. The molecule has 2 aromatic heterocycles. The van der Waals surface area contributed by atoms with E-state index in [0.717, 1.165) is 30.8 Å². The highest BCUT2D eigenvalue weighted by Gasteiger charge is 2.30. The van der Waals surface area contributed by atoms with E-state index in [-0.39, 0.29) is 17.4 Å². The van der Waals surface area contributed by atoms with Crippen molar-refractivity contribution in [3.8, 4) is 11.4 Å². The molecule has 4 rings (SSSR count). The van der Waals surface area contributed by atoms with Gasteiger partial charge in [-0.3, -0.25) is 4.98 Å². The van der Waals surface area contributed by atoms with Crippen LogP contribution in [0.15, 0.2) is 10.7 Å². The monoisotopic (exact) mass is 348 g/mol. The van der Waals surface area contributed by atoms with Gasteiger partial charge < -0.3 is 9.84 Å². The number of nitrogens with one attached hydrogen (secondary N) is 1. The topological polar surface area (TPSA) is 98.0 Å². The lowest BCUT2D eigenvalue weighted by Crippen LogP contribution is -2.24. The fraction of sp³-hybridized carbons (Fsp3) is 0.562. The van der Waals surface area contributed by atoms with Crippen LogP contribution in [0.2, 0.25) is 0 Å². The molecule has 0 radical (unpaired) electrons. The summed E-state index contributed by atoms with van der Waals surface area (Å²) >= 11 is 0. The van der Waals surface area contributed by atoms with Crippen molar-refractivity contribution in [2.45, 2.75) is 32.7 Å². The summed E-state index contributed by atoms with van der Waals surface area (Å²) in [7, 11) is -2.89. The van der Waals surface area contributed by atoms with Crippen molar-refractivity contribution in [2.75, 3.05) is 18.1 Å². The van der Waals surface area contributed by atoms with Crippen LogP contribution in [0.5, 0.6) is 0 Å². The summed E-state index contributed by atoms with van der Waals surface area (Å²) in [5.74, 6) is 1.64. The third-order valence-electron chi connectivity index (χ3n) is 4.81. The first-order valence-corrected chi connectivity index (χ1v) is 10.1. The van der Waals surface area contributed by atoms with Crippen molar-refractivity contribution in [3.05, 3.63) is 28.9 Å². The van der Waals surface area contributed by atoms with Gasteiger partial charge in [-0.15, -0.1) is 0 Å². The SMILES string of the molecule is Cc1ncc2c(c1-c1noc(C[C@@H]3CCS(=O)(=O)C3)n1)CCNC2. The average Bonchev–Trinajstić information content (AvgIpc) is 3.14. The molecule has 24 heavy (non-hydrogen) atoms. The zero-order valence-electron chi connectivity index (χ0n) is 13.6. The minimum Gasteiger partial charge on any atom is -0.339 e. The number of nitrogens with zero attached hydrogens (tertiary/aromatic N) is 3. The van der Waals surface area contributed by atoms with E-state index in [2.05, 4.69) is 20.4 Å². The van der Waals surface area contributed by atoms with E-state index in [1.54, 1.807) is 0 Å². The molecule has 0 bridgehead atoms. The zero-order chi connectivity index (χ0) is 16.7. The normalized spacial score (nSPS) is 22.5. The van der Waals surface area contributed by atoms with E-state index in [0.29, 0.717) is 24.6 Å². The van der Waals surface area contributed by atoms with Gasteiger partial charge in [-0.2, -0.15) is 4.98 Å². The molecule has 8 heteroatoms. The maximum Gasteiger partial charge on any atom is 0.227 e. The molecule has 1 fully saturated rings. The molecule has 1 saturated heterocycles. The van der Waals surface area contributed by atoms with Gasteiger partial charge in [-0.05, 0) is 43.4 Å². The molecule has 1 atom stereocenters. The minimum absolute atomic E-state index is 0.0800. The highest BCUT2D eigenvalue weighted by molar-refractivity contribution is 7.91. The number of sulfone groups is 1. The smallest absolute Gasteiger partial charge is 0.227 e. The van der Waals surface area contributed by atoms with Crippen LogP contribution >= 0.6 is 0 Å². The Morgan fingerprint density at radius 2 is 2.29 bits per heavy atom. The van der Waals surface area contributed by atoms with Gasteiger partial charge in [0, 0.05) is 30.4 Å². The van der Waals surface area contributed by atoms with Crippen LogP contribution in [0, 0.1) is 12.8 Å². The summed E-state index contributed by atoms with van der Waals surface area (Å²) in [5.41, 5.74) is 4.27. The number of aryl methyl sites for hydroxylation is 1. The first-order valence-electron chi connectivity index (χ1n) is 8.23. The van der Waals surface area contributed by atoms with Crippen molar-refractivity contribution < 1.29 is 12.9 Å². The maximum absolute atomic E-state index is 11.6. The molecule has 0 amide bonds. The quantitative estimate of drug-likeness (QED) is 0.885. The van der Waals surface area contributed by atoms with Crippen LogP contribution in [0.3, 0.4) is 0 Å². The van der Waals surface area contributed by atoms with Gasteiger partial charge in [0.25, 0.3) is 0 Å². The molecule has 2 aliphatic rings. The molecule has 2 aliphatic heterocycles. The number of aromatic nitrogens is 3. The van der Waals surface area contributed by atoms with Crippen molar-refractivity contribution in [1.29, 1.82) is 0 Å². The van der Waals surface area contributed by atoms with Crippen molar-refractivity contribution >= 4 is 9.84 Å². The Morgan fingerprint density at radius 1 is 1.42 bits per heavy atom. The minimum atomic E-state index is -2.89. The lowest BCUT2D eigenvalue weighted by molar-refractivity contribution is 0.359. The summed E-state index contributed by atoms with van der Waals surface area (Å²) in [6.07, 6.45) is 4.02. The summed E-state index contributed by atoms with van der Waals surface area (Å²) < 4.78 is 28.6. The van der Waals surface area contributed by atoms with Gasteiger partial charge in [-0.1, -0.05) is 5.16 Å². The van der Waals surface area contributed by atoms with Crippen LogP contribution < -0.4 is 5.32 Å². The molecular formula is C16H20N4O3S. The second-order valence-electron chi connectivity index (χ2n) is 6.63. The van der Waals surface area contributed by atoms with E-state index in [4.69, 9.17) is 4.52 Å². The Bertz CT molecular complexity index is 875. The van der Waals surface area contributed by atoms with Crippen LogP contribution in [0.25, 0.3) is 11.4 Å². The van der Waals surface area contributed by atoms with Crippen molar-refractivity contribution in [2.24, 2.45) is 5.92 Å². The summed E-state index contributed by atoms with van der Waals surface area (Å²) in [6, 6.07) is 0. The summed E-state index contributed by atoms with van der Waals surface area (Å²) in [5, 5.41) is 7.48. The van der Waals surface area contributed by atoms with E-state index >= 15 is 0 Å². The third kappa shape index (κ3) is 2.95. The predicted octanol–water partition coefficient (Wildman–Crippen LogP) is 1.06. The number of fused-ring (bicyclic) bond motifs is 1. The van der Waals surface area contributed by atoms with Crippen LogP contribution in [-0.4, -0.2) is 41.6 Å². The van der Waals surface area contributed by atoms with Gasteiger partial charge in [0.1, 0.15) is 0 Å². The first kappa shape index (κ1) is 15.7. The fourth-order valence-corrected chi connectivity index (χ4v) is 5.45. The standard InChI is InChI=1S/C16H20N4O3S/c1-10-15(13-2-4-17-7-12(13)8-18-10)16-19-14(23-20-16)6-11-3-5-24(21,22)9-11/h8,11,17H,2-7,9H2,1H3/t11-/m0/s1. The van der Waals surface area contributed by atoms with Gasteiger partial charge in [0.2, 0.25) is 11.7 Å². The lowest BCUT2D eigenvalue weighted by Gasteiger charge is -2.19. The Morgan fingerprint density at radius 3 is 3.08 bits per heavy atom.